The number of nitrogens with zero attached hydrogens (tertiary/aromatic N) is 2. The lowest BCUT2D eigenvalue weighted by molar-refractivity contribution is -0.113. The summed E-state index contributed by atoms with van der Waals surface area (Å²) in [5, 5.41) is 4.35. The van der Waals surface area contributed by atoms with Crippen molar-refractivity contribution in [2.75, 3.05) is 0 Å². The zero-order valence-electron chi connectivity index (χ0n) is 9.75. The van der Waals surface area contributed by atoms with Gasteiger partial charge in [0.15, 0.2) is 5.69 Å². The third kappa shape index (κ3) is 1.59. The molecule has 0 bridgehead atoms. The first-order chi connectivity index (χ1) is 8.16. The summed E-state index contributed by atoms with van der Waals surface area (Å²) in [5.74, 6) is 5.41. The second kappa shape index (κ2) is 4.35. The molecule has 2 rings (SSSR count). The molecule has 1 atom stereocenters. The Kier molecular flexibility index (Phi) is 3.04. The Labute approximate surface area is 104 Å². The number of hydrazone groups is 1. The number of amidine groups is 1. The van der Waals surface area contributed by atoms with Crippen LogP contribution in [0.1, 0.15) is 13.8 Å². The number of benzene rings is 1. The summed E-state index contributed by atoms with van der Waals surface area (Å²) in [6.07, 6.45) is 0.875. The van der Waals surface area contributed by atoms with Crippen LogP contribution in [0, 0.1) is 0 Å². The number of nitrogens with two attached hydrogens (primary N) is 1. The number of carbonyl (C=O) groups is 1. The fourth-order valence-electron chi connectivity index (χ4n) is 1.94. The van der Waals surface area contributed by atoms with Crippen LogP contribution in [0.5, 0.6) is 0 Å². The maximum absolute atomic E-state index is 11.6. The molecule has 1 aliphatic heterocycles. The third-order valence-electron chi connectivity index (χ3n) is 3.02. The first-order valence-electron chi connectivity index (χ1n) is 5.22. The Bertz CT molecular complexity index is 510. The molecule has 1 amide bonds. The Balaban J connectivity index is 2.69. The number of hydrogen-bond donors (Lipinski definition) is 1. The summed E-state index contributed by atoms with van der Waals surface area (Å²) in [6.45, 7) is 3.90. The predicted molar refractivity (Wildman–Crippen MR) is 71.9 cm³/mol. The van der Waals surface area contributed by atoms with Crippen molar-refractivity contribution in [2.24, 2.45) is 10.9 Å². The minimum absolute atomic E-state index is 0.0200. The number of rotatable bonds is 2. The monoisotopic (exact) mass is 248 g/mol. The fraction of sp³-hybridized carbons (Fsp3) is 0.167. The fourth-order valence-corrected chi connectivity index (χ4v) is 2.99. The predicted octanol–water partition coefficient (Wildman–Crippen LogP) is 2.38. The molecule has 0 saturated carbocycles. The number of allylic oxidation sites excluding steroid dienone is 2. The molecule has 1 aliphatic rings. The molecule has 0 saturated heterocycles. The maximum Gasteiger partial charge on any atom is 0.318 e. The number of amides is 1. The van der Waals surface area contributed by atoms with Gasteiger partial charge in [0.05, 0.1) is 4.91 Å². The van der Waals surface area contributed by atoms with Crippen LogP contribution in [-0.2, 0) is 4.79 Å². The van der Waals surface area contributed by atoms with Gasteiger partial charge in [0, 0.05) is 19.1 Å². The third-order valence-corrected chi connectivity index (χ3v) is 4.19. The highest BCUT2D eigenvalue weighted by Gasteiger charge is 2.47. The van der Waals surface area contributed by atoms with Crippen molar-refractivity contribution in [1.29, 1.82) is 0 Å². The highest BCUT2D eigenvalue weighted by Crippen LogP contribution is 2.42. The number of para-hydroxylation sites is 1. The highest BCUT2D eigenvalue weighted by atomic mass is 32.2. The van der Waals surface area contributed by atoms with Crippen LogP contribution < -0.4 is 10.3 Å². The van der Waals surface area contributed by atoms with Gasteiger partial charge >= 0.3 is 11.6 Å². The number of quaternary nitrogens is 1. The average Bonchev–Trinajstić information content (AvgIpc) is 2.63. The summed E-state index contributed by atoms with van der Waals surface area (Å²) in [4.78, 5) is 12.7. The summed E-state index contributed by atoms with van der Waals surface area (Å²) in [5.41, 5.74) is 1.80. The van der Waals surface area contributed by atoms with E-state index < -0.39 is 0 Å². The van der Waals surface area contributed by atoms with Gasteiger partial charge in [-0.15, -0.1) is 9.58 Å². The van der Waals surface area contributed by atoms with Crippen molar-refractivity contribution in [3.63, 3.8) is 0 Å². The van der Waals surface area contributed by atoms with E-state index in [1.54, 1.807) is 0 Å². The SMILES string of the molecule is CC1=C(C)[N+](C=O)(c2ccccc2)C(=NN)S1. The largest absolute Gasteiger partial charge is 0.318 e. The van der Waals surface area contributed by atoms with Gasteiger partial charge in [-0.1, -0.05) is 18.2 Å². The Morgan fingerprint density at radius 1 is 1.29 bits per heavy atom. The van der Waals surface area contributed by atoms with Gasteiger partial charge in [-0.05, 0) is 18.7 Å². The molecule has 1 aromatic rings. The van der Waals surface area contributed by atoms with Gasteiger partial charge in [0.25, 0.3) is 0 Å². The number of hydrogen-bond acceptors (Lipinski definition) is 4. The molecule has 1 heterocycles. The summed E-state index contributed by atoms with van der Waals surface area (Å²) in [7, 11) is 0. The van der Waals surface area contributed by atoms with Crippen molar-refractivity contribution in [3.05, 3.63) is 40.9 Å². The Morgan fingerprint density at radius 2 is 1.94 bits per heavy atom. The van der Waals surface area contributed by atoms with E-state index in [4.69, 9.17) is 5.84 Å². The van der Waals surface area contributed by atoms with Crippen molar-refractivity contribution in [2.45, 2.75) is 13.8 Å². The average molecular weight is 248 g/mol. The van der Waals surface area contributed by atoms with E-state index in [0.717, 1.165) is 22.7 Å². The zero-order chi connectivity index (χ0) is 12.5. The molecular formula is C12H14N3OS+. The molecule has 2 N–H and O–H groups in total. The second-order valence-corrected chi connectivity index (χ2v) is 5.00. The Morgan fingerprint density at radius 3 is 2.47 bits per heavy atom. The van der Waals surface area contributed by atoms with Gasteiger partial charge in [0.2, 0.25) is 0 Å². The molecule has 0 fully saturated rings. The van der Waals surface area contributed by atoms with Crippen molar-refractivity contribution in [1.82, 2.24) is 4.48 Å². The molecule has 1 aromatic carbocycles. The van der Waals surface area contributed by atoms with Crippen LogP contribution in [0.2, 0.25) is 0 Å². The first kappa shape index (κ1) is 11.9. The maximum atomic E-state index is 11.6. The van der Waals surface area contributed by atoms with Crippen LogP contribution >= 0.6 is 11.8 Å². The van der Waals surface area contributed by atoms with E-state index >= 15 is 0 Å². The van der Waals surface area contributed by atoms with Crippen LogP contribution in [0.3, 0.4) is 0 Å². The molecule has 0 radical (unpaired) electrons. The molecule has 4 nitrogen and oxygen atoms in total. The van der Waals surface area contributed by atoms with Crippen LogP contribution in [0.25, 0.3) is 0 Å². The lowest BCUT2D eigenvalue weighted by Gasteiger charge is -2.25. The Hall–Kier alpha value is -1.59. The van der Waals surface area contributed by atoms with Gasteiger partial charge in [-0.25, -0.2) is 4.79 Å². The minimum Gasteiger partial charge on any atom is -0.317 e. The standard InChI is InChI=1S/C12H14N3OS/c1-9-10(2)17-12(14-13)15(9,8-16)11-6-4-3-5-7-11/h3-8H,13H2,1-2H3/q+1. The van der Waals surface area contributed by atoms with Crippen molar-refractivity contribution >= 4 is 29.0 Å². The number of carbonyl (C=O) groups excluding carboxylic acids is 1. The zero-order valence-corrected chi connectivity index (χ0v) is 10.6. The smallest absolute Gasteiger partial charge is 0.317 e. The number of thioether (sulfide) groups is 1. The van der Waals surface area contributed by atoms with E-state index in [2.05, 4.69) is 5.10 Å². The van der Waals surface area contributed by atoms with Gasteiger partial charge in [-0.2, -0.15) is 0 Å². The van der Waals surface area contributed by atoms with Crippen molar-refractivity contribution < 1.29 is 4.79 Å². The van der Waals surface area contributed by atoms with Crippen LogP contribution in [0.4, 0.5) is 5.69 Å². The molecule has 1 unspecified atom stereocenters. The summed E-state index contributed by atoms with van der Waals surface area (Å²) >= 11 is 1.45. The van der Waals surface area contributed by atoms with E-state index in [9.17, 15) is 4.79 Å². The van der Waals surface area contributed by atoms with E-state index in [0.29, 0.717) is 5.17 Å². The van der Waals surface area contributed by atoms with Crippen LogP contribution in [-0.4, -0.2) is 11.6 Å². The van der Waals surface area contributed by atoms with Gasteiger partial charge < -0.3 is 5.84 Å². The van der Waals surface area contributed by atoms with E-state index in [1.807, 2.05) is 44.2 Å². The van der Waals surface area contributed by atoms with Gasteiger partial charge in [0.1, 0.15) is 5.70 Å². The molecule has 5 heteroatoms. The van der Waals surface area contributed by atoms with E-state index in [1.165, 1.54) is 11.8 Å². The van der Waals surface area contributed by atoms with Crippen LogP contribution in [0.15, 0.2) is 46.0 Å². The first-order valence-corrected chi connectivity index (χ1v) is 6.03. The second-order valence-electron chi connectivity index (χ2n) is 3.82. The topological polar surface area (TPSA) is 55.5 Å². The van der Waals surface area contributed by atoms with E-state index in [-0.39, 0.29) is 4.48 Å². The molecule has 17 heavy (non-hydrogen) atoms. The molecule has 0 aliphatic carbocycles. The molecule has 88 valence electrons. The lowest BCUT2D eigenvalue weighted by Crippen LogP contribution is -2.47. The highest BCUT2D eigenvalue weighted by molar-refractivity contribution is 8.17. The summed E-state index contributed by atoms with van der Waals surface area (Å²) in [6, 6.07) is 9.53. The molecule has 0 aromatic heterocycles. The lowest BCUT2D eigenvalue weighted by atomic mass is 10.2. The quantitative estimate of drug-likeness (QED) is 0.378. The van der Waals surface area contributed by atoms with Gasteiger partial charge in [-0.3, -0.25) is 0 Å². The summed E-state index contributed by atoms with van der Waals surface area (Å²) < 4.78 is -0.0200. The molecular weight excluding hydrogens is 234 g/mol. The van der Waals surface area contributed by atoms with Crippen molar-refractivity contribution in [3.8, 4) is 0 Å². The normalized spacial score (nSPS) is 26.6. The minimum atomic E-state index is -0.0200. The molecule has 0 spiro atoms.